The van der Waals surface area contributed by atoms with E-state index >= 15 is 0 Å². The van der Waals surface area contributed by atoms with Gasteiger partial charge in [0, 0.05) is 27.2 Å². The number of hydrogen-bond acceptors (Lipinski definition) is 2. The summed E-state index contributed by atoms with van der Waals surface area (Å²) < 4.78 is 4.69. The van der Waals surface area contributed by atoms with E-state index in [9.17, 15) is 0 Å². The first-order valence-corrected chi connectivity index (χ1v) is 12.5. The third-order valence-corrected chi connectivity index (χ3v) is 7.43. The lowest BCUT2D eigenvalue weighted by atomic mass is 10.1. The fourth-order valence-corrected chi connectivity index (χ4v) is 5.76. The highest BCUT2D eigenvalue weighted by atomic mass is 15.1. The van der Waals surface area contributed by atoms with E-state index in [4.69, 9.17) is 9.97 Å². The SMILES string of the molecule is Cc1ccc(-n2c3ccccc3c3ccc4c5ccccc5n(-c5cnc6ccccc6n5)c4c32)cc1. The zero-order valence-corrected chi connectivity index (χ0v) is 20.3. The van der Waals surface area contributed by atoms with E-state index in [1.807, 2.05) is 30.5 Å². The first-order valence-electron chi connectivity index (χ1n) is 12.5. The molecule has 174 valence electrons. The summed E-state index contributed by atoms with van der Waals surface area (Å²) in [6.45, 7) is 2.13. The zero-order valence-electron chi connectivity index (χ0n) is 20.3. The first kappa shape index (κ1) is 20.3. The number of aromatic nitrogens is 4. The summed E-state index contributed by atoms with van der Waals surface area (Å²) in [4.78, 5) is 9.86. The molecule has 0 saturated carbocycles. The van der Waals surface area contributed by atoms with Gasteiger partial charge in [0.1, 0.15) is 0 Å². The molecule has 5 aromatic carbocycles. The van der Waals surface area contributed by atoms with Crippen molar-refractivity contribution in [1.29, 1.82) is 0 Å². The summed E-state index contributed by atoms with van der Waals surface area (Å²) in [6.07, 6.45) is 1.89. The summed E-state index contributed by atoms with van der Waals surface area (Å²) in [5, 5.41) is 4.87. The maximum atomic E-state index is 5.08. The molecule has 0 unspecified atom stereocenters. The normalized spacial score (nSPS) is 11.9. The third kappa shape index (κ3) is 2.84. The fourth-order valence-electron chi connectivity index (χ4n) is 5.76. The molecule has 4 heteroatoms. The second-order valence-electron chi connectivity index (χ2n) is 9.62. The quantitative estimate of drug-likeness (QED) is 0.253. The topological polar surface area (TPSA) is 35.6 Å². The second kappa shape index (κ2) is 7.52. The smallest absolute Gasteiger partial charge is 0.156 e. The van der Waals surface area contributed by atoms with Crippen LogP contribution in [0.3, 0.4) is 0 Å². The molecule has 8 rings (SSSR count). The highest BCUT2D eigenvalue weighted by Crippen LogP contribution is 2.41. The van der Waals surface area contributed by atoms with Crippen molar-refractivity contribution in [2.24, 2.45) is 0 Å². The summed E-state index contributed by atoms with van der Waals surface area (Å²) in [5.74, 6) is 0.818. The maximum absolute atomic E-state index is 5.08. The highest BCUT2D eigenvalue weighted by molar-refractivity contribution is 6.23. The summed E-state index contributed by atoms with van der Waals surface area (Å²) in [6, 6.07) is 38.6. The molecule has 0 amide bonds. The minimum atomic E-state index is 0.818. The van der Waals surface area contributed by atoms with Crippen molar-refractivity contribution < 1.29 is 0 Å². The van der Waals surface area contributed by atoms with Crippen molar-refractivity contribution >= 4 is 54.6 Å². The Kier molecular flexibility index (Phi) is 4.12. The van der Waals surface area contributed by atoms with Gasteiger partial charge in [-0.15, -0.1) is 0 Å². The van der Waals surface area contributed by atoms with Gasteiger partial charge in [-0.05, 0) is 43.3 Å². The van der Waals surface area contributed by atoms with Crippen molar-refractivity contribution in [2.75, 3.05) is 0 Å². The molecule has 8 aromatic rings. The van der Waals surface area contributed by atoms with Crippen molar-refractivity contribution in [3.8, 4) is 11.5 Å². The number of fused-ring (bicyclic) bond motifs is 8. The van der Waals surface area contributed by atoms with Gasteiger partial charge in [0.25, 0.3) is 0 Å². The number of aryl methyl sites for hydroxylation is 1. The lowest BCUT2D eigenvalue weighted by Gasteiger charge is -2.12. The number of benzene rings is 5. The third-order valence-electron chi connectivity index (χ3n) is 7.43. The van der Waals surface area contributed by atoms with Crippen LogP contribution in [0.4, 0.5) is 0 Å². The lowest BCUT2D eigenvalue weighted by molar-refractivity contribution is 1.07. The molecule has 37 heavy (non-hydrogen) atoms. The van der Waals surface area contributed by atoms with Gasteiger partial charge in [-0.3, -0.25) is 9.55 Å². The van der Waals surface area contributed by atoms with Crippen LogP contribution < -0.4 is 0 Å². The molecule has 4 nitrogen and oxygen atoms in total. The molecular weight excluding hydrogens is 452 g/mol. The van der Waals surface area contributed by atoms with E-state index in [-0.39, 0.29) is 0 Å². The Morgan fingerprint density at radius 2 is 1.08 bits per heavy atom. The predicted octanol–water partition coefficient (Wildman–Crippen LogP) is 8.13. The average molecular weight is 475 g/mol. The number of nitrogens with zero attached hydrogens (tertiary/aromatic N) is 4. The fraction of sp³-hybridized carbons (Fsp3) is 0.0303. The summed E-state index contributed by atoms with van der Waals surface area (Å²) in [5.41, 5.74) is 8.79. The van der Waals surface area contributed by atoms with Crippen LogP contribution in [-0.2, 0) is 0 Å². The van der Waals surface area contributed by atoms with E-state index in [0.29, 0.717) is 0 Å². The van der Waals surface area contributed by atoms with Crippen LogP contribution in [0.25, 0.3) is 66.2 Å². The number of rotatable bonds is 2. The van der Waals surface area contributed by atoms with Gasteiger partial charge in [0.15, 0.2) is 5.82 Å². The van der Waals surface area contributed by atoms with Crippen molar-refractivity contribution in [3.63, 3.8) is 0 Å². The Labute approximate surface area is 213 Å². The van der Waals surface area contributed by atoms with Crippen LogP contribution in [0.1, 0.15) is 5.56 Å². The lowest BCUT2D eigenvalue weighted by Crippen LogP contribution is -2.01. The molecule has 0 bridgehead atoms. The largest absolute Gasteiger partial charge is 0.307 e. The molecule has 0 spiro atoms. The van der Waals surface area contributed by atoms with Crippen LogP contribution in [-0.4, -0.2) is 19.1 Å². The molecule has 3 heterocycles. The number of hydrogen-bond donors (Lipinski definition) is 0. The van der Waals surface area contributed by atoms with Gasteiger partial charge in [0.2, 0.25) is 0 Å². The van der Waals surface area contributed by atoms with Crippen molar-refractivity contribution in [3.05, 3.63) is 121 Å². The minimum absolute atomic E-state index is 0.818. The molecule has 0 atom stereocenters. The van der Waals surface area contributed by atoms with E-state index in [2.05, 4.69) is 101 Å². The van der Waals surface area contributed by atoms with Crippen molar-refractivity contribution in [2.45, 2.75) is 6.92 Å². The predicted molar refractivity (Wildman–Crippen MR) is 153 cm³/mol. The van der Waals surface area contributed by atoms with E-state index < -0.39 is 0 Å². The molecule has 0 fully saturated rings. The maximum Gasteiger partial charge on any atom is 0.156 e. The molecule has 0 saturated heterocycles. The summed E-state index contributed by atoms with van der Waals surface area (Å²) >= 11 is 0. The van der Waals surface area contributed by atoms with Crippen molar-refractivity contribution in [1.82, 2.24) is 19.1 Å². The Balaban J connectivity index is 1.62. The van der Waals surface area contributed by atoms with Gasteiger partial charge in [0.05, 0.1) is 39.3 Å². The van der Waals surface area contributed by atoms with Crippen LogP contribution >= 0.6 is 0 Å². The van der Waals surface area contributed by atoms with Gasteiger partial charge in [-0.25, -0.2) is 4.98 Å². The second-order valence-corrected chi connectivity index (χ2v) is 9.62. The van der Waals surface area contributed by atoms with E-state index in [0.717, 1.165) is 33.6 Å². The minimum Gasteiger partial charge on any atom is -0.307 e. The molecule has 0 N–H and O–H groups in total. The zero-order chi connectivity index (χ0) is 24.5. The monoisotopic (exact) mass is 474 g/mol. The molecule has 0 aliphatic carbocycles. The van der Waals surface area contributed by atoms with Gasteiger partial charge >= 0.3 is 0 Å². The number of para-hydroxylation sites is 4. The standard InChI is InChI=1S/C33H22N4/c1-21-14-16-22(17-15-21)36-29-12-6-2-8-23(29)25-18-19-26-24-9-3-7-13-30(24)37(33(26)32(25)36)31-20-34-27-10-4-5-11-28(27)35-31/h2-20H,1H3. The van der Waals surface area contributed by atoms with Gasteiger partial charge < -0.3 is 4.57 Å². The van der Waals surface area contributed by atoms with Gasteiger partial charge in [-0.1, -0.05) is 78.4 Å². The Morgan fingerprint density at radius 1 is 0.514 bits per heavy atom. The van der Waals surface area contributed by atoms with Crippen LogP contribution in [0.5, 0.6) is 0 Å². The van der Waals surface area contributed by atoms with Crippen LogP contribution in [0.2, 0.25) is 0 Å². The van der Waals surface area contributed by atoms with Gasteiger partial charge in [-0.2, -0.15) is 0 Å². The molecule has 0 radical (unpaired) electrons. The molecular formula is C33H22N4. The molecule has 3 aromatic heterocycles. The van der Waals surface area contributed by atoms with Crippen LogP contribution in [0.15, 0.2) is 115 Å². The highest BCUT2D eigenvalue weighted by Gasteiger charge is 2.21. The Morgan fingerprint density at radius 3 is 1.78 bits per heavy atom. The van der Waals surface area contributed by atoms with E-state index in [1.165, 1.54) is 38.1 Å². The molecule has 0 aliphatic heterocycles. The molecule has 0 aliphatic rings. The average Bonchev–Trinajstić information content (AvgIpc) is 3.46. The summed E-state index contributed by atoms with van der Waals surface area (Å²) in [7, 11) is 0. The Hall–Kier alpha value is -4.96. The van der Waals surface area contributed by atoms with E-state index in [1.54, 1.807) is 0 Å². The van der Waals surface area contributed by atoms with Crippen LogP contribution in [0, 0.1) is 6.92 Å². The Bertz CT molecular complexity index is 2150. The first-order chi connectivity index (χ1) is 18.3.